The Bertz CT molecular complexity index is 1360. The first kappa shape index (κ1) is 21.7. The van der Waals surface area contributed by atoms with E-state index >= 15 is 4.39 Å². The number of aliphatic hydroxyl groups is 1. The number of hydrogen-bond acceptors (Lipinski definition) is 7. The van der Waals surface area contributed by atoms with Crippen molar-refractivity contribution in [2.45, 2.75) is 23.1 Å². The minimum Gasteiger partial charge on any atom is -0.395 e. The first-order valence-corrected chi connectivity index (χ1v) is 11.0. The summed E-state index contributed by atoms with van der Waals surface area (Å²) < 4.78 is 43.6. The molecular formula is C23H18F3N5OS. The number of benzene rings is 1. The molecule has 1 saturated carbocycles. The van der Waals surface area contributed by atoms with Crippen LogP contribution in [0.3, 0.4) is 0 Å². The molecule has 5 rings (SSSR count). The van der Waals surface area contributed by atoms with Crippen LogP contribution < -0.4 is 5.73 Å². The van der Waals surface area contributed by atoms with Gasteiger partial charge in [0.05, 0.1) is 28.1 Å². The Morgan fingerprint density at radius 3 is 2.82 bits per heavy atom. The molecule has 3 N–H and O–H groups in total. The molecule has 1 aliphatic heterocycles. The second-order valence-electron chi connectivity index (χ2n) is 8.37. The maximum atomic E-state index is 15.0. The van der Waals surface area contributed by atoms with Crippen LogP contribution in [0, 0.1) is 28.9 Å². The van der Waals surface area contributed by atoms with Gasteiger partial charge in [-0.25, -0.2) is 18.2 Å². The molecule has 1 aromatic carbocycles. The number of thioether (sulfide) groups is 1. The van der Waals surface area contributed by atoms with Crippen LogP contribution in [0.5, 0.6) is 0 Å². The molecule has 2 aromatic heterocycles. The van der Waals surface area contributed by atoms with Crippen molar-refractivity contribution in [3.63, 3.8) is 0 Å². The lowest BCUT2D eigenvalue weighted by Gasteiger charge is -2.34. The standard InChI is InChI=1S/C23H18F3N5OS/c24-10-23(18-7-22(18,11-32)33-21(28)31-23)15-4-12(5-16(25)19(15)26)6-17-20-14(1-2-29-17)3-13(8-27)9-30-20/h1-5,9,18,32H,6-7,10-11H2,(H2,28,31)/t18-,22-,23+/m0/s1. The van der Waals surface area contributed by atoms with E-state index in [4.69, 9.17) is 11.0 Å². The summed E-state index contributed by atoms with van der Waals surface area (Å²) in [4.78, 5) is 12.9. The Hall–Kier alpha value is -3.16. The van der Waals surface area contributed by atoms with Crippen molar-refractivity contribution in [1.29, 1.82) is 5.26 Å². The van der Waals surface area contributed by atoms with E-state index in [1.165, 1.54) is 12.3 Å². The number of nitrogens with zero attached hydrogens (tertiary/aromatic N) is 4. The van der Waals surface area contributed by atoms with Gasteiger partial charge in [0.15, 0.2) is 16.8 Å². The van der Waals surface area contributed by atoms with Gasteiger partial charge in [0.1, 0.15) is 18.3 Å². The number of pyridine rings is 2. The molecule has 0 radical (unpaired) electrons. The highest BCUT2D eigenvalue weighted by Crippen LogP contribution is 2.65. The van der Waals surface area contributed by atoms with E-state index in [9.17, 15) is 13.9 Å². The molecular weight excluding hydrogens is 451 g/mol. The van der Waals surface area contributed by atoms with Crippen LogP contribution in [0.4, 0.5) is 13.2 Å². The van der Waals surface area contributed by atoms with E-state index in [-0.39, 0.29) is 23.8 Å². The molecule has 0 spiro atoms. The van der Waals surface area contributed by atoms with Crippen LogP contribution in [0.1, 0.15) is 28.8 Å². The van der Waals surface area contributed by atoms with Gasteiger partial charge in [0.25, 0.3) is 0 Å². The lowest BCUT2D eigenvalue weighted by molar-refractivity contribution is 0.229. The Kier molecular flexibility index (Phi) is 5.06. The number of fused-ring (bicyclic) bond motifs is 2. The monoisotopic (exact) mass is 469 g/mol. The fourth-order valence-electron chi connectivity index (χ4n) is 4.72. The number of aromatic nitrogens is 2. The molecule has 10 heteroatoms. The number of halogens is 3. The predicted octanol–water partition coefficient (Wildman–Crippen LogP) is 3.35. The Morgan fingerprint density at radius 2 is 2.09 bits per heavy atom. The molecule has 3 heterocycles. The topological polar surface area (TPSA) is 108 Å². The Balaban J connectivity index is 1.61. The van der Waals surface area contributed by atoms with E-state index < -0.39 is 34.5 Å². The van der Waals surface area contributed by atoms with E-state index in [1.54, 1.807) is 18.3 Å². The number of alkyl halides is 1. The third kappa shape index (κ3) is 3.34. The van der Waals surface area contributed by atoms with Gasteiger partial charge in [-0.05, 0) is 36.2 Å². The maximum Gasteiger partial charge on any atom is 0.164 e. The molecule has 3 aromatic rings. The summed E-state index contributed by atoms with van der Waals surface area (Å²) in [5, 5.41) is 19.7. The molecule has 1 fully saturated rings. The van der Waals surface area contributed by atoms with Crippen LogP contribution >= 0.6 is 11.8 Å². The SMILES string of the molecule is N#Cc1cnc2c(Cc3cc(F)c(F)c([C@@]4(CF)N=C(N)S[C@]5(CO)C[C@@H]54)c3)nccc2c1. The molecule has 0 amide bonds. The second-order valence-corrected chi connectivity index (χ2v) is 9.81. The summed E-state index contributed by atoms with van der Waals surface area (Å²) in [5.74, 6) is -2.82. The molecule has 0 bridgehead atoms. The van der Waals surface area contributed by atoms with Crippen molar-refractivity contribution in [3.8, 4) is 6.07 Å². The van der Waals surface area contributed by atoms with Crippen molar-refractivity contribution in [3.05, 3.63) is 70.7 Å². The summed E-state index contributed by atoms with van der Waals surface area (Å²) >= 11 is 1.15. The van der Waals surface area contributed by atoms with Gasteiger partial charge in [0.2, 0.25) is 0 Å². The molecule has 168 valence electrons. The fraction of sp³-hybridized carbons (Fsp3) is 0.304. The van der Waals surface area contributed by atoms with Crippen molar-refractivity contribution in [2.24, 2.45) is 16.6 Å². The highest BCUT2D eigenvalue weighted by atomic mass is 32.2. The maximum absolute atomic E-state index is 15.0. The fourth-order valence-corrected chi connectivity index (χ4v) is 6.00. The summed E-state index contributed by atoms with van der Waals surface area (Å²) in [5.41, 5.74) is 5.78. The minimum atomic E-state index is -1.70. The van der Waals surface area contributed by atoms with Gasteiger partial charge in [-0.2, -0.15) is 5.26 Å². The van der Waals surface area contributed by atoms with Crippen LogP contribution in [-0.4, -0.2) is 38.3 Å². The highest BCUT2D eigenvalue weighted by molar-refractivity contribution is 8.15. The number of hydrogen-bond donors (Lipinski definition) is 2. The lowest BCUT2D eigenvalue weighted by atomic mass is 9.83. The number of aliphatic imine (C=N–C) groups is 1. The summed E-state index contributed by atoms with van der Waals surface area (Å²) in [6.07, 6.45) is 3.46. The first-order chi connectivity index (χ1) is 15.9. The van der Waals surface area contributed by atoms with E-state index in [0.717, 1.165) is 17.8 Å². The average Bonchev–Trinajstić information content (AvgIpc) is 3.56. The largest absolute Gasteiger partial charge is 0.395 e. The number of nitriles is 1. The minimum absolute atomic E-state index is 0.0360. The number of nitrogens with two attached hydrogens (primary N) is 1. The molecule has 3 atom stereocenters. The second kappa shape index (κ2) is 7.71. The smallest absolute Gasteiger partial charge is 0.164 e. The molecule has 6 nitrogen and oxygen atoms in total. The van der Waals surface area contributed by atoms with Crippen molar-refractivity contribution < 1.29 is 18.3 Å². The van der Waals surface area contributed by atoms with Crippen molar-refractivity contribution >= 4 is 27.8 Å². The Labute approximate surface area is 191 Å². The van der Waals surface area contributed by atoms with Gasteiger partial charge in [-0.3, -0.25) is 9.97 Å². The van der Waals surface area contributed by atoms with Crippen LogP contribution in [0.15, 0.2) is 41.7 Å². The molecule has 0 unspecified atom stereocenters. The molecule has 1 aliphatic carbocycles. The van der Waals surface area contributed by atoms with Crippen molar-refractivity contribution in [2.75, 3.05) is 13.3 Å². The van der Waals surface area contributed by atoms with Crippen LogP contribution in [0.25, 0.3) is 10.9 Å². The quantitative estimate of drug-likeness (QED) is 0.593. The average molecular weight is 469 g/mol. The number of rotatable bonds is 5. The van der Waals surface area contributed by atoms with E-state index in [0.29, 0.717) is 34.1 Å². The zero-order valence-electron chi connectivity index (χ0n) is 17.2. The lowest BCUT2D eigenvalue weighted by Crippen LogP contribution is -2.41. The number of aliphatic hydroxyl groups excluding tert-OH is 1. The van der Waals surface area contributed by atoms with Crippen LogP contribution in [-0.2, 0) is 12.0 Å². The highest BCUT2D eigenvalue weighted by Gasteiger charge is 2.68. The van der Waals surface area contributed by atoms with E-state index in [2.05, 4.69) is 15.0 Å². The summed E-state index contributed by atoms with van der Waals surface area (Å²) in [6.45, 7) is -1.34. The van der Waals surface area contributed by atoms with Gasteiger partial charge < -0.3 is 10.8 Å². The normalized spacial score (nSPS) is 25.9. The zero-order chi connectivity index (χ0) is 23.4. The third-order valence-electron chi connectivity index (χ3n) is 6.42. The first-order valence-electron chi connectivity index (χ1n) is 10.2. The molecule has 33 heavy (non-hydrogen) atoms. The van der Waals surface area contributed by atoms with Gasteiger partial charge in [-0.1, -0.05) is 11.8 Å². The van der Waals surface area contributed by atoms with E-state index in [1.807, 2.05) is 6.07 Å². The third-order valence-corrected chi connectivity index (χ3v) is 7.71. The van der Waals surface area contributed by atoms with Gasteiger partial charge >= 0.3 is 0 Å². The van der Waals surface area contributed by atoms with Gasteiger partial charge in [0, 0.05) is 35.7 Å². The van der Waals surface area contributed by atoms with Gasteiger partial charge in [-0.15, -0.1) is 0 Å². The molecule has 2 aliphatic rings. The van der Waals surface area contributed by atoms with Crippen molar-refractivity contribution in [1.82, 2.24) is 9.97 Å². The zero-order valence-corrected chi connectivity index (χ0v) is 18.0. The number of amidine groups is 1. The summed E-state index contributed by atoms with van der Waals surface area (Å²) in [7, 11) is 0. The van der Waals surface area contributed by atoms with Crippen LogP contribution in [0.2, 0.25) is 0 Å². The molecule has 0 saturated heterocycles. The Morgan fingerprint density at radius 1 is 1.27 bits per heavy atom. The summed E-state index contributed by atoms with van der Waals surface area (Å²) in [6, 6.07) is 7.85. The predicted molar refractivity (Wildman–Crippen MR) is 118 cm³/mol.